The van der Waals surface area contributed by atoms with Gasteiger partial charge in [0.1, 0.15) is 0 Å². The summed E-state index contributed by atoms with van der Waals surface area (Å²) in [6.45, 7) is 5.14. The lowest BCUT2D eigenvalue weighted by Crippen LogP contribution is -2.37. The maximum absolute atomic E-state index is 13.5. The van der Waals surface area contributed by atoms with Gasteiger partial charge in [-0.3, -0.25) is 9.36 Å². The Morgan fingerprint density at radius 1 is 1.00 bits per heavy atom. The van der Waals surface area contributed by atoms with Gasteiger partial charge in [-0.05, 0) is 36.1 Å². The quantitative estimate of drug-likeness (QED) is 0.736. The number of aryl methyl sites for hydroxylation is 1. The molecule has 3 aromatic rings. The second kappa shape index (κ2) is 6.73. The summed E-state index contributed by atoms with van der Waals surface area (Å²) in [7, 11) is 0. The third-order valence-corrected chi connectivity index (χ3v) is 4.83. The van der Waals surface area contributed by atoms with Gasteiger partial charge in [-0.15, -0.1) is 0 Å². The third-order valence-electron chi connectivity index (χ3n) is 4.83. The smallest absolute Gasteiger partial charge is 0.265 e. The van der Waals surface area contributed by atoms with E-state index < -0.39 is 0 Å². The predicted molar refractivity (Wildman–Crippen MR) is 102 cm³/mol. The van der Waals surface area contributed by atoms with Crippen molar-refractivity contribution in [1.29, 1.82) is 0 Å². The lowest BCUT2D eigenvalue weighted by atomic mass is 10.1. The van der Waals surface area contributed by atoms with E-state index in [1.165, 1.54) is 0 Å². The third kappa shape index (κ3) is 2.83. The van der Waals surface area contributed by atoms with Crippen molar-refractivity contribution in [2.75, 3.05) is 31.2 Å². The van der Waals surface area contributed by atoms with Crippen LogP contribution < -0.4 is 10.5 Å². The van der Waals surface area contributed by atoms with Crippen molar-refractivity contribution in [3.8, 4) is 5.69 Å². The molecule has 0 radical (unpaired) electrons. The van der Waals surface area contributed by atoms with Crippen LogP contribution >= 0.6 is 0 Å². The largest absolute Gasteiger partial charge is 0.378 e. The summed E-state index contributed by atoms with van der Waals surface area (Å²) in [4.78, 5) is 15.7. The highest BCUT2D eigenvalue weighted by atomic mass is 16.5. The van der Waals surface area contributed by atoms with Gasteiger partial charge < -0.3 is 9.64 Å². The molecule has 1 saturated heterocycles. The molecule has 1 aliphatic rings. The van der Waals surface area contributed by atoms with Crippen LogP contribution in [0.2, 0.25) is 0 Å². The van der Waals surface area contributed by atoms with Gasteiger partial charge in [0.05, 0.1) is 24.3 Å². The van der Waals surface area contributed by atoms with Crippen LogP contribution in [0.4, 0.5) is 5.69 Å². The normalized spacial score (nSPS) is 14.8. The Bertz CT molecular complexity index is 941. The molecule has 4 heteroatoms. The SMILES string of the molecule is CCc1cc2cccc(N3CCOCC3)c2c(=O)n1-c1ccccc1. The highest BCUT2D eigenvalue weighted by molar-refractivity contribution is 5.94. The van der Waals surface area contributed by atoms with Crippen LogP contribution in [0.25, 0.3) is 16.5 Å². The molecule has 1 aromatic heterocycles. The first-order chi connectivity index (χ1) is 12.3. The lowest BCUT2D eigenvalue weighted by Gasteiger charge is -2.30. The maximum atomic E-state index is 13.5. The number of ether oxygens (including phenoxy) is 1. The molecule has 0 bridgehead atoms. The molecule has 2 heterocycles. The number of hydrogen-bond donors (Lipinski definition) is 0. The van der Waals surface area contributed by atoms with Crippen molar-refractivity contribution in [3.63, 3.8) is 0 Å². The molecule has 0 amide bonds. The summed E-state index contributed by atoms with van der Waals surface area (Å²) in [5.74, 6) is 0. The molecule has 0 atom stereocenters. The van der Waals surface area contributed by atoms with E-state index in [0.717, 1.165) is 47.4 Å². The fraction of sp³-hybridized carbons (Fsp3) is 0.286. The summed E-state index contributed by atoms with van der Waals surface area (Å²) in [6, 6.07) is 18.2. The molecule has 0 aliphatic carbocycles. The fourth-order valence-corrected chi connectivity index (χ4v) is 3.59. The van der Waals surface area contributed by atoms with Crippen LogP contribution in [0.15, 0.2) is 59.4 Å². The summed E-state index contributed by atoms with van der Waals surface area (Å²) < 4.78 is 7.32. The number of anilines is 1. The number of nitrogens with zero attached hydrogens (tertiary/aromatic N) is 2. The number of fused-ring (bicyclic) bond motifs is 1. The Balaban J connectivity index is 2.00. The monoisotopic (exact) mass is 334 g/mol. The van der Waals surface area contributed by atoms with E-state index in [4.69, 9.17) is 4.74 Å². The van der Waals surface area contributed by atoms with Crippen LogP contribution in [0.3, 0.4) is 0 Å². The van der Waals surface area contributed by atoms with Gasteiger partial charge in [-0.25, -0.2) is 0 Å². The number of benzene rings is 2. The van der Waals surface area contributed by atoms with Gasteiger partial charge in [0, 0.05) is 24.5 Å². The molecule has 2 aromatic carbocycles. The van der Waals surface area contributed by atoms with Crippen molar-refractivity contribution in [2.24, 2.45) is 0 Å². The second-order valence-electron chi connectivity index (χ2n) is 6.31. The Labute approximate surface area is 147 Å². The first-order valence-electron chi connectivity index (χ1n) is 8.85. The van der Waals surface area contributed by atoms with E-state index in [9.17, 15) is 4.79 Å². The van der Waals surface area contributed by atoms with E-state index in [-0.39, 0.29) is 5.56 Å². The average Bonchev–Trinajstić information content (AvgIpc) is 2.68. The molecule has 4 nitrogen and oxygen atoms in total. The van der Waals surface area contributed by atoms with E-state index in [1.54, 1.807) is 0 Å². The minimum absolute atomic E-state index is 0.0580. The number of para-hydroxylation sites is 1. The molecule has 4 rings (SSSR count). The minimum atomic E-state index is 0.0580. The number of hydrogen-bond acceptors (Lipinski definition) is 3. The molecule has 0 unspecified atom stereocenters. The van der Waals surface area contributed by atoms with Gasteiger partial charge in [-0.2, -0.15) is 0 Å². The molecule has 0 saturated carbocycles. The zero-order valence-corrected chi connectivity index (χ0v) is 14.4. The van der Waals surface area contributed by atoms with Gasteiger partial charge in [-0.1, -0.05) is 37.3 Å². The molecule has 128 valence electrons. The fourth-order valence-electron chi connectivity index (χ4n) is 3.59. The molecule has 25 heavy (non-hydrogen) atoms. The zero-order chi connectivity index (χ0) is 17.2. The standard InChI is InChI=1S/C21H22N2O2/c1-2-17-15-16-7-6-10-19(22-11-13-25-14-12-22)20(16)21(24)23(17)18-8-4-3-5-9-18/h3-10,15H,2,11-14H2,1H3. The van der Waals surface area contributed by atoms with Crippen LogP contribution in [0.5, 0.6) is 0 Å². The van der Waals surface area contributed by atoms with Crippen LogP contribution in [-0.4, -0.2) is 30.9 Å². The van der Waals surface area contributed by atoms with Gasteiger partial charge in [0.15, 0.2) is 0 Å². The summed E-state index contributed by atoms with van der Waals surface area (Å²) in [5.41, 5.74) is 3.02. The van der Waals surface area contributed by atoms with Gasteiger partial charge in [0.2, 0.25) is 0 Å². The Kier molecular flexibility index (Phi) is 4.28. The summed E-state index contributed by atoms with van der Waals surface area (Å²) in [6.07, 6.45) is 0.807. The molecular weight excluding hydrogens is 312 g/mol. The van der Waals surface area contributed by atoms with E-state index in [1.807, 2.05) is 47.0 Å². The number of morpholine rings is 1. The van der Waals surface area contributed by atoms with E-state index in [0.29, 0.717) is 13.2 Å². The molecule has 1 aliphatic heterocycles. The van der Waals surface area contributed by atoms with Crippen molar-refractivity contribution in [1.82, 2.24) is 4.57 Å². The first-order valence-corrected chi connectivity index (χ1v) is 8.85. The maximum Gasteiger partial charge on any atom is 0.265 e. The lowest BCUT2D eigenvalue weighted by molar-refractivity contribution is 0.123. The summed E-state index contributed by atoms with van der Waals surface area (Å²) >= 11 is 0. The van der Waals surface area contributed by atoms with Crippen molar-refractivity contribution >= 4 is 16.5 Å². The summed E-state index contributed by atoms with van der Waals surface area (Å²) in [5, 5.41) is 1.81. The first kappa shape index (κ1) is 15.9. The van der Waals surface area contributed by atoms with E-state index in [2.05, 4.69) is 24.0 Å². The van der Waals surface area contributed by atoms with Crippen LogP contribution in [-0.2, 0) is 11.2 Å². The molecule has 0 spiro atoms. The zero-order valence-electron chi connectivity index (χ0n) is 14.4. The Morgan fingerprint density at radius 3 is 2.48 bits per heavy atom. The number of aromatic nitrogens is 1. The average molecular weight is 334 g/mol. The number of rotatable bonds is 3. The topological polar surface area (TPSA) is 34.5 Å². The highest BCUT2D eigenvalue weighted by Gasteiger charge is 2.18. The van der Waals surface area contributed by atoms with Gasteiger partial charge >= 0.3 is 0 Å². The number of pyridine rings is 1. The van der Waals surface area contributed by atoms with Crippen LogP contribution in [0.1, 0.15) is 12.6 Å². The Hall–Kier alpha value is -2.59. The van der Waals surface area contributed by atoms with Crippen molar-refractivity contribution < 1.29 is 4.74 Å². The molecule has 1 fully saturated rings. The predicted octanol–water partition coefficient (Wildman–Crippen LogP) is 3.39. The minimum Gasteiger partial charge on any atom is -0.378 e. The van der Waals surface area contributed by atoms with E-state index >= 15 is 0 Å². The molecule has 0 N–H and O–H groups in total. The van der Waals surface area contributed by atoms with Gasteiger partial charge in [0.25, 0.3) is 5.56 Å². The van der Waals surface area contributed by atoms with Crippen LogP contribution in [0, 0.1) is 0 Å². The second-order valence-corrected chi connectivity index (χ2v) is 6.31. The Morgan fingerprint density at radius 2 is 1.76 bits per heavy atom. The van der Waals surface area contributed by atoms with Crippen molar-refractivity contribution in [2.45, 2.75) is 13.3 Å². The highest BCUT2D eigenvalue weighted by Crippen LogP contribution is 2.26. The van der Waals surface area contributed by atoms with Crippen molar-refractivity contribution in [3.05, 3.63) is 70.6 Å². The molecular formula is C21H22N2O2.